The van der Waals surface area contributed by atoms with Crippen molar-refractivity contribution < 1.29 is 13.2 Å². The second-order valence-corrected chi connectivity index (χ2v) is 4.12. The van der Waals surface area contributed by atoms with E-state index in [-0.39, 0.29) is 17.3 Å². The number of nitrogens with one attached hydrogen (secondary N) is 1. The molecule has 100 valence electrons. The Morgan fingerprint density at radius 3 is 2.63 bits per heavy atom. The summed E-state index contributed by atoms with van der Waals surface area (Å²) in [6.07, 6.45) is -0.0405. The van der Waals surface area contributed by atoms with Crippen molar-refractivity contribution in [2.75, 3.05) is 5.32 Å². The number of para-hydroxylation sites is 1. The maximum absolute atomic E-state index is 12.8. The molecule has 0 aliphatic carbocycles. The Hall–Kier alpha value is -1.82. The lowest BCUT2D eigenvalue weighted by Crippen LogP contribution is -2.11. The lowest BCUT2D eigenvalue weighted by Gasteiger charge is -2.15. The fraction of sp³-hybridized carbons (Fsp3) is 0.167. The predicted molar refractivity (Wildman–Crippen MR) is 65.8 cm³/mol. The van der Waals surface area contributed by atoms with Crippen LogP contribution in [0.3, 0.4) is 0 Å². The van der Waals surface area contributed by atoms with Gasteiger partial charge in [-0.15, -0.1) is 0 Å². The SMILES string of the molecule is FC(F)(F)c1cccc(Cl)c1NCc1cnccn1. The lowest BCUT2D eigenvalue weighted by atomic mass is 10.1. The van der Waals surface area contributed by atoms with E-state index in [0.717, 1.165) is 6.07 Å². The van der Waals surface area contributed by atoms with Crippen molar-refractivity contribution in [3.8, 4) is 0 Å². The normalized spacial score (nSPS) is 11.4. The zero-order chi connectivity index (χ0) is 13.9. The van der Waals surface area contributed by atoms with E-state index < -0.39 is 11.7 Å². The topological polar surface area (TPSA) is 37.8 Å². The van der Waals surface area contributed by atoms with Crippen LogP contribution in [0.4, 0.5) is 18.9 Å². The van der Waals surface area contributed by atoms with Crippen LogP contribution in [0.25, 0.3) is 0 Å². The van der Waals surface area contributed by atoms with E-state index in [0.29, 0.717) is 5.69 Å². The van der Waals surface area contributed by atoms with Gasteiger partial charge in [-0.2, -0.15) is 13.2 Å². The highest BCUT2D eigenvalue weighted by atomic mass is 35.5. The maximum Gasteiger partial charge on any atom is 0.418 e. The molecule has 0 aliphatic rings. The summed E-state index contributed by atoms with van der Waals surface area (Å²) in [5.41, 5.74) is -0.429. The Labute approximate surface area is 112 Å². The summed E-state index contributed by atoms with van der Waals surface area (Å²) in [5.74, 6) is 0. The van der Waals surface area contributed by atoms with E-state index in [2.05, 4.69) is 15.3 Å². The van der Waals surface area contributed by atoms with Gasteiger partial charge in [0.2, 0.25) is 0 Å². The fourth-order valence-corrected chi connectivity index (χ4v) is 1.78. The van der Waals surface area contributed by atoms with Crippen molar-refractivity contribution in [1.82, 2.24) is 9.97 Å². The summed E-state index contributed by atoms with van der Waals surface area (Å²) in [5, 5.41) is 2.66. The molecule has 2 aromatic rings. The minimum atomic E-state index is -4.46. The molecule has 0 saturated heterocycles. The Morgan fingerprint density at radius 2 is 2.00 bits per heavy atom. The quantitative estimate of drug-likeness (QED) is 0.934. The molecule has 0 saturated carbocycles. The summed E-state index contributed by atoms with van der Waals surface area (Å²) < 4.78 is 38.5. The minimum absolute atomic E-state index is 0.0127. The van der Waals surface area contributed by atoms with Gasteiger partial charge < -0.3 is 5.32 Å². The number of benzene rings is 1. The van der Waals surface area contributed by atoms with Gasteiger partial charge in [0.15, 0.2) is 0 Å². The maximum atomic E-state index is 12.8. The summed E-state index contributed by atoms with van der Waals surface area (Å²) in [6, 6.07) is 3.64. The smallest absolute Gasteiger partial charge is 0.378 e. The summed E-state index contributed by atoms with van der Waals surface area (Å²) in [6.45, 7) is 0.112. The monoisotopic (exact) mass is 287 g/mol. The largest absolute Gasteiger partial charge is 0.418 e. The number of hydrogen-bond donors (Lipinski definition) is 1. The van der Waals surface area contributed by atoms with Crippen LogP contribution in [0.15, 0.2) is 36.8 Å². The fourth-order valence-electron chi connectivity index (χ4n) is 1.54. The molecule has 0 fully saturated rings. The van der Waals surface area contributed by atoms with E-state index in [9.17, 15) is 13.2 Å². The van der Waals surface area contributed by atoms with Crippen LogP contribution in [0.2, 0.25) is 5.02 Å². The highest BCUT2D eigenvalue weighted by Gasteiger charge is 2.34. The van der Waals surface area contributed by atoms with Crippen molar-refractivity contribution in [3.63, 3.8) is 0 Å². The number of halogens is 4. The third-order valence-electron chi connectivity index (χ3n) is 2.38. The molecule has 7 heteroatoms. The Balaban J connectivity index is 2.25. The van der Waals surface area contributed by atoms with Gasteiger partial charge in [-0.1, -0.05) is 17.7 Å². The van der Waals surface area contributed by atoms with Crippen molar-refractivity contribution in [3.05, 3.63) is 53.1 Å². The molecule has 1 N–H and O–H groups in total. The van der Waals surface area contributed by atoms with Crippen molar-refractivity contribution in [2.24, 2.45) is 0 Å². The van der Waals surface area contributed by atoms with Crippen LogP contribution < -0.4 is 5.32 Å². The highest BCUT2D eigenvalue weighted by molar-refractivity contribution is 6.33. The van der Waals surface area contributed by atoms with Gasteiger partial charge in [-0.25, -0.2) is 0 Å². The Kier molecular flexibility index (Phi) is 3.90. The van der Waals surface area contributed by atoms with E-state index >= 15 is 0 Å². The molecule has 0 bridgehead atoms. The number of aromatic nitrogens is 2. The molecule has 19 heavy (non-hydrogen) atoms. The first-order chi connectivity index (χ1) is 8.98. The number of rotatable bonds is 3. The molecule has 0 aliphatic heterocycles. The molecule has 0 spiro atoms. The van der Waals surface area contributed by atoms with E-state index in [1.54, 1.807) is 0 Å². The highest BCUT2D eigenvalue weighted by Crippen LogP contribution is 2.38. The van der Waals surface area contributed by atoms with Gasteiger partial charge in [-0.3, -0.25) is 9.97 Å². The minimum Gasteiger partial charge on any atom is -0.378 e. The summed E-state index contributed by atoms with van der Waals surface area (Å²) in [7, 11) is 0. The Morgan fingerprint density at radius 1 is 1.21 bits per heavy atom. The lowest BCUT2D eigenvalue weighted by molar-refractivity contribution is -0.136. The third kappa shape index (κ3) is 3.35. The van der Waals surface area contributed by atoms with Crippen LogP contribution >= 0.6 is 11.6 Å². The predicted octanol–water partition coefficient (Wildman–Crippen LogP) is 3.76. The zero-order valence-electron chi connectivity index (χ0n) is 9.58. The molecule has 1 aromatic carbocycles. The molecular formula is C12H9ClF3N3. The average Bonchev–Trinajstić information content (AvgIpc) is 2.37. The van der Waals surface area contributed by atoms with Gasteiger partial charge in [0.1, 0.15) is 0 Å². The number of alkyl halides is 3. The zero-order valence-corrected chi connectivity index (χ0v) is 10.3. The van der Waals surface area contributed by atoms with Crippen LogP contribution in [0, 0.1) is 0 Å². The molecule has 0 unspecified atom stereocenters. The van der Waals surface area contributed by atoms with E-state index in [1.165, 1.54) is 30.7 Å². The van der Waals surface area contributed by atoms with Crippen LogP contribution in [0.5, 0.6) is 0 Å². The molecule has 0 amide bonds. The second-order valence-electron chi connectivity index (χ2n) is 3.71. The number of hydrogen-bond acceptors (Lipinski definition) is 3. The first-order valence-corrected chi connectivity index (χ1v) is 5.71. The van der Waals surface area contributed by atoms with E-state index in [4.69, 9.17) is 11.6 Å². The molecule has 3 nitrogen and oxygen atoms in total. The molecule has 2 rings (SSSR count). The van der Waals surface area contributed by atoms with E-state index in [1.807, 2.05) is 0 Å². The third-order valence-corrected chi connectivity index (χ3v) is 2.70. The van der Waals surface area contributed by atoms with Crippen LogP contribution in [-0.4, -0.2) is 9.97 Å². The van der Waals surface area contributed by atoms with Gasteiger partial charge in [0.05, 0.1) is 34.7 Å². The molecule has 0 radical (unpaired) electrons. The van der Waals surface area contributed by atoms with Gasteiger partial charge >= 0.3 is 6.18 Å². The number of nitrogens with zero attached hydrogens (tertiary/aromatic N) is 2. The van der Waals surface area contributed by atoms with Crippen LogP contribution in [0.1, 0.15) is 11.3 Å². The van der Waals surface area contributed by atoms with Crippen molar-refractivity contribution >= 4 is 17.3 Å². The van der Waals surface area contributed by atoms with Gasteiger partial charge in [0, 0.05) is 12.4 Å². The summed E-state index contributed by atoms with van der Waals surface area (Å²) >= 11 is 5.80. The van der Waals surface area contributed by atoms with Crippen molar-refractivity contribution in [1.29, 1.82) is 0 Å². The average molecular weight is 288 g/mol. The first kappa shape index (κ1) is 13.6. The second kappa shape index (κ2) is 5.44. The number of anilines is 1. The van der Waals surface area contributed by atoms with Gasteiger partial charge in [0.25, 0.3) is 0 Å². The van der Waals surface area contributed by atoms with Crippen molar-refractivity contribution in [2.45, 2.75) is 12.7 Å². The van der Waals surface area contributed by atoms with Crippen LogP contribution in [-0.2, 0) is 12.7 Å². The standard InChI is InChI=1S/C12H9ClF3N3/c13-10-3-1-2-9(12(14,15)16)11(10)19-7-8-6-17-4-5-18-8/h1-6,19H,7H2. The summed E-state index contributed by atoms with van der Waals surface area (Å²) in [4.78, 5) is 7.80. The first-order valence-electron chi connectivity index (χ1n) is 5.33. The molecule has 0 atom stereocenters. The van der Waals surface area contributed by atoms with Gasteiger partial charge in [-0.05, 0) is 12.1 Å². The Bertz CT molecular complexity index is 558. The molecular weight excluding hydrogens is 279 g/mol. The molecule has 1 heterocycles. The molecule has 1 aromatic heterocycles.